The largest absolute Gasteiger partial charge is 0.456 e. The van der Waals surface area contributed by atoms with E-state index in [4.69, 9.17) is 4.74 Å². The molecule has 0 aliphatic rings. The number of para-hydroxylation sites is 1. The number of hydrogen-bond donors (Lipinski definition) is 1. The summed E-state index contributed by atoms with van der Waals surface area (Å²) >= 11 is 0. The van der Waals surface area contributed by atoms with Crippen LogP contribution in [-0.4, -0.2) is 39.4 Å². The number of hydrogen-bond acceptors (Lipinski definition) is 5. The Balaban J connectivity index is 1.53. The van der Waals surface area contributed by atoms with E-state index in [1.54, 1.807) is 29.2 Å². The van der Waals surface area contributed by atoms with E-state index < -0.39 is 5.97 Å². The quantitative estimate of drug-likeness (QED) is 0.580. The third-order valence-corrected chi connectivity index (χ3v) is 4.72. The fourth-order valence-corrected chi connectivity index (χ4v) is 3.11. The van der Waals surface area contributed by atoms with Crippen LogP contribution in [0.3, 0.4) is 0 Å². The van der Waals surface area contributed by atoms with Gasteiger partial charge in [-0.3, -0.25) is 14.4 Å². The molecule has 0 radical (unpaired) electrons. The van der Waals surface area contributed by atoms with E-state index in [1.165, 1.54) is 0 Å². The minimum Gasteiger partial charge on any atom is -0.456 e. The molecule has 0 aliphatic carbocycles. The van der Waals surface area contributed by atoms with Gasteiger partial charge in [-0.15, -0.1) is 0 Å². The first-order chi connectivity index (χ1) is 14.4. The van der Waals surface area contributed by atoms with Crippen LogP contribution in [0.2, 0.25) is 0 Å². The number of H-pyrrole nitrogens is 1. The zero-order valence-corrected chi connectivity index (χ0v) is 17.1. The van der Waals surface area contributed by atoms with Gasteiger partial charge in [-0.2, -0.15) is 0 Å². The van der Waals surface area contributed by atoms with Crippen LogP contribution in [-0.2, 0) is 27.3 Å². The topological polar surface area (TPSA) is 92.4 Å². The lowest BCUT2D eigenvalue weighted by atomic mass is 10.2. The Hall–Kier alpha value is -3.48. The molecular formula is C23H25N3O4. The van der Waals surface area contributed by atoms with Crippen molar-refractivity contribution in [3.8, 4) is 0 Å². The predicted octanol–water partition coefficient (Wildman–Crippen LogP) is 2.84. The summed E-state index contributed by atoms with van der Waals surface area (Å²) in [5.74, 6) is -0.350. The first-order valence-electron chi connectivity index (χ1n) is 9.91. The summed E-state index contributed by atoms with van der Waals surface area (Å²) < 4.78 is 5.16. The summed E-state index contributed by atoms with van der Waals surface area (Å²) in [6, 6.07) is 16.7. The molecule has 0 saturated heterocycles. The van der Waals surface area contributed by atoms with Crippen molar-refractivity contribution in [3.63, 3.8) is 0 Å². The van der Waals surface area contributed by atoms with E-state index in [-0.39, 0.29) is 37.0 Å². The van der Waals surface area contributed by atoms with Crippen molar-refractivity contribution in [2.75, 3.05) is 6.61 Å². The summed E-state index contributed by atoms with van der Waals surface area (Å²) in [4.78, 5) is 45.5. The Morgan fingerprint density at radius 3 is 2.50 bits per heavy atom. The highest BCUT2D eigenvalue weighted by Crippen LogP contribution is 2.10. The van der Waals surface area contributed by atoms with Gasteiger partial charge < -0.3 is 14.6 Å². The van der Waals surface area contributed by atoms with Crippen LogP contribution in [0.15, 0.2) is 59.4 Å². The monoisotopic (exact) mass is 407 g/mol. The number of carbonyl (C=O) groups is 2. The summed E-state index contributed by atoms with van der Waals surface area (Å²) in [6.45, 7) is 3.98. The van der Waals surface area contributed by atoms with Gasteiger partial charge in [-0.1, -0.05) is 42.5 Å². The zero-order chi connectivity index (χ0) is 21.5. The van der Waals surface area contributed by atoms with Gasteiger partial charge in [-0.05, 0) is 31.5 Å². The maximum Gasteiger partial charge on any atom is 0.306 e. The molecule has 0 bridgehead atoms. The average molecular weight is 407 g/mol. The normalized spacial score (nSPS) is 10.9. The number of aromatic nitrogens is 2. The predicted molar refractivity (Wildman–Crippen MR) is 114 cm³/mol. The van der Waals surface area contributed by atoms with Crippen LogP contribution >= 0.6 is 0 Å². The Bertz CT molecular complexity index is 1080. The lowest BCUT2D eigenvalue weighted by Gasteiger charge is -2.26. The molecule has 1 amide bonds. The summed E-state index contributed by atoms with van der Waals surface area (Å²) in [7, 11) is 0. The maximum atomic E-state index is 12.5. The number of aromatic amines is 1. The molecule has 30 heavy (non-hydrogen) atoms. The standard InChI is InChI=1S/C23H25N3O4/c1-16(2)26(14-17-8-4-3-5-9-17)21(27)15-30-22(28)13-12-20-24-19-11-7-6-10-18(19)23(29)25-20/h3-11,16H,12-15H2,1-2H3,(H,24,25,29). The maximum absolute atomic E-state index is 12.5. The van der Waals surface area contributed by atoms with Crippen LogP contribution in [0.25, 0.3) is 10.9 Å². The molecule has 0 aliphatic heterocycles. The molecule has 156 valence electrons. The van der Waals surface area contributed by atoms with Crippen LogP contribution < -0.4 is 5.56 Å². The highest BCUT2D eigenvalue weighted by molar-refractivity contribution is 5.81. The van der Waals surface area contributed by atoms with E-state index >= 15 is 0 Å². The third-order valence-electron chi connectivity index (χ3n) is 4.72. The molecule has 7 heteroatoms. The molecule has 7 nitrogen and oxygen atoms in total. The fraction of sp³-hybridized carbons (Fsp3) is 0.304. The number of nitrogens with zero attached hydrogens (tertiary/aromatic N) is 2. The molecule has 0 unspecified atom stereocenters. The number of fused-ring (bicyclic) bond motifs is 1. The molecule has 1 N–H and O–H groups in total. The van der Waals surface area contributed by atoms with Crippen molar-refractivity contribution in [2.45, 2.75) is 39.3 Å². The number of carbonyl (C=O) groups excluding carboxylic acids is 2. The molecular weight excluding hydrogens is 382 g/mol. The van der Waals surface area contributed by atoms with Crippen LogP contribution in [0.4, 0.5) is 0 Å². The first-order valence-corrected chi connectivity index (χ1v) is 9.91. The van der Waals surface area contributed by atoms with Gasteiger partial charge >= 0.3 is 5.97 Å². The van der Waals surface area contributed by atoms with Crippen molar-refractivity contribution in [3.05, 3.63) is 76.3 Å². The molecule has 3 aromatic rings. The van der Waals surface area contributed by atoms with Gasteiger partial charge in [0.05, 0.1) is 17.3 Å². The Labute approximate surface area is 174 Å². The van der Waals surface area contributed by atoms with Crippen molar-refractivity contribution < 1.29 is 14.3 Å². The van der Waals surface area contributed by atoms with E-state index in [9.17, 15) is 14.4 Å². The lowest BCUT2D eigenvalue weighted by molar-refractivity contribution is -0.153. The second kappa shape index (κ2) is 9.82. The van der Waals surface area contributed by atoms with Gasteiger partial charge in [0.15, 0.2) is 6.61 Å². The van der Waals surface area contributed by atoms with Crippen molar-refractivity contribution >= 4 is 22.8 Å². The molecule has 1 aromatic heterocycles. The number of aryl methyl sites for hydroxylation is 1. The van der Waals surface area contributed by atoms with E-state index in [1.807, 2.05) is 44.2 Å². The molecule has 0 spiro atoms. The smallest absolute Gasteiger partial charge is 0.306 e. The van der Waals surface area contributed by atoms with Crippen molar-refractivity contribution in [1.29, 1.82) is 0 Å². The van der Waals surface area contributed by atoms with Gasteiger partial charge in [0, 0.05) is 19.0 Å². The number of rotatable bonds is 8. The second-order valence-corrected chi connectivity index (χ2v) is 7.29. The number of amides is 1. The molecule has 3 rings (SSSR count). The van der Waals surface area contributed by atoms with Crippen LogP contribution in [0.1, 0.15) is 31.7 Å². The van der Waals surface area contributed by atoms with E-state index in [0.717, 1.165) is 5.56 Å². The van der Waals surface area contributed by atoms with Crippen molar-refractivity contribution in [2.24, 2.45) is 0 Å². The minimum atomic E-state index is -0.512. The number of esters is 1. The van der Waals surface area contributed by atoms with Gasteiger partial charge in [0.1, 0.15) is 5.82 Å². The average Bonchev–Trinajstić information content (AvgIpc) is 2.75. The summed E-state index contributed by atoms with van der Waals surface area (Å²) in [5.41, 5.74) is 1.35. The fourth-order valence-electron chi connectivity index (χ4n) is 3.11. The van der Waals surface area contributed by atoms with Gasteiger partial charge in [0.2, 0.25) is 0 Å². The van der Waals surface area contributed by atoms with E-state index in [0.29, 0.717) is 23.3 Å². The number of nitrogens with one attached hydrogen (secondary N) is 1. The van der Waals surface area contributed by atoms with Crippen molar-refractivity contribution in [1.82, 2.24) is 14.9 Å². The lowest BCUT2D eigenvalue weighted by Crippen LogP contribution is -2.39. The highest BCUT2D eigenvalue weighted by atomic mass is 16.5. The minimum absolute atomic E-state index is 0.0227. The second-order valence-electron chi connectivity index (χ2n) is 7.29. The van der Waals surface area contributed by atoms with Gasteiger partial charge in [0.25, 0.3) is 11.5 Å². The Morgan fingerprint density at radius 2 is 1.77 bits per heavy atom. The Kier molecular flexibility index (Phi) is 6.95. The zero-order valence-electron chi connectivity index (χ0n) is 17.1. The highest BCUT2D eigenvalue weighted by Gasteiger charge is 2.19. The molecule has 2 aromatic carbocycles. The van der Waals surface area contributed by atoms with Gasteiger partial charge in [-0.25, -0.2) is 4.98 Å². The molecule has 0 saturated carbocycles. The SMILES string of the molecule is CC(C)N(Cc1ccccc1)C(=O)COC(=O)CCc1nc2ccccc2c(=O)[nH]1. The van der Waals surface area contributed by atoms with Crippen LogP contribution in [0, 0.1) is 0 Å². The molecule has 1 heterocycles. The summed E-state index contributed by atoms with van der Waals surface area (Å²) in [6.07, 6.45) is 0.250. The first kappa shape index (κ1) is 21.2. The van der Waals surface area contributed by atoms with E-state index in [2.05, 4.69) is 9.97 Å². The third kappa shape index (κ3) is 5.53. The Morgan fingerprint density at radius 1 is 1.07 bits per heavy atom. The van der Waals surface area contributed by atoms with Crippen LogP contribution in [0.5, 0.6) is 0 Å². The number of benzene rings is 2. The number of ether oxygens (including phenoxy) is 1. The molecule has 0 atom stereocenters. The summed E-state index contributed by atoms with van der Waals surface area (Å²) in [5, 5.41) is 0.501. The molecule has 0 fully saturated rings.